The van der Waals surface area contributed by atoms with Crippen molar-refractivity contribution in [2.45, 2.75) is 57.9 Å². The van der Waals surface area contributed by atoms with Gasteiger partial charge in [-0.15, -0.1) is 0 Å². The average Bonchev–Trinajstić information content (AvgIpc) is 2.61. The van der Waals surface area contributed by atoms with Crippen LogP contribution in [0.2, 0.25) is 0 Å². The molecule has 1 aromatic rings. The van der Waals surface area contributed by atoms with Crippen molar-refractivity contribution in [1.82, 2.24) is 9.80 Å². The minimum absolute atomic E-state index is 0.112. The van der Waals surface area contributed by atoms with Crippen molar-refractivity contribution in [3.63, 3.8) is 0 Å². The van der Waals surface area contributed by atoms with Gasteiger partial charge in [-0.25, -0.2) is 0 Å². The molecule has 1 aromatic carbocycles. The van der Waals surface area contributed by atoms with Gasteiger partial charge in [-0.2, -0.15) is 5.26 Å². The number of nitriles is 1. The van der Waals surface area contributed by atoms with Crippen LogP contribution in [0.15, 0.2) is 24.3 Å². The molecule has 2 aliphatic heterocycles. The number of morpholine rings is 1. The molecule has 0 aliphatic carbocycles. The summed E-state index contributed by atoms with van der Waals surface area (Å²) in [6, 6.07) is 10.2. The van der Waals surface area contributed by atoms with Gasteiger partial charge < -0.3 is 9.64 Å². The molecule has 0 saturated carbocycles. The van der Waals surface area contributed by atoms with Crippen LogP contribution < -0.4 is 0 Å². The fourth-order valence-electron chi connectivity index (χ4n) is 3.86. The van der Waals surface area contributed by atoms with Crippen molar-refractivity contribution in [3.8, 4) is 6.07 Å². The zero-order chi connectivity index (χ0) is 18.0. The molecule has 0 bridgehead atoms. The molecule has 2 aliphatic rings. The molecule has 0 radical (unpaired) electrons. The van der Waals surface area contributed by atoms with Crippen molar-refractivity contribution in [1.29, 1.82) is 5.26 Å². The Kier molecular flexibility index (Phi) is 5.12. The number of piperidine rings is 1. The van der Waals surface area contributed by atoms with Crippen LogP contribution in [-0.2, 0) is 16.1 Å². The van der Waals surface area contributed by atoms with E-state index in [9.17, 15) is 4.79 Å². The molecular formula is C20H27N3O2. The fourth-order valence-corrected chi connectivity index (χ4v) is 3.86. The first-order chi connectivity index (χ1) is 11.9. The third kappa shape index (κ3) is 3.86. The molecule has 3 rings (SSSR count). The molecule has 5 heteroatoms. The molecule has 1 amide bonds. The quantitative estimate of drug-likeness (QED) is 0.848. The van der Waals surface area contributed by atoms with Crippen molar-refractivity contribution in [3.05, 3.63) is 35.4 Å². The number of likely N-dealkylation sites (tertiary alicyclic amines) is 1. The molecule has 2 fully saturated rings. The van der Waals surface area contributed by atoms with E-state index in [0.29, 0.717) is 12.1 Å². The zero-order valence-corrected chi connectivity index (χ0v) is 15.4. The second-order valence-corrected chi connectivity index (χ2v) is 7.59. The van der Waals surface area contributed by atoms with E-state index in [0.717, 1.165) is 32.5 Å². The molecule has 0 unspecified atom stereocenters. The topological polar surface area (TPSA) is 56.6 Å². The molecule has 25 heavy (non-hydrogen) atoms. The van der Waals surface area contributed by atoms with E-state index in [1.54, 1.807) is 0 Å². The van der Waals surface area contributed by atoms with Crippen molar-refractivity contribution >= 4 is 5.91 Å². The Labute approximate surface area is 150 Å². The van der Waals surface area contributed by atoms with Gasteiger partial charge in [0.15, 0.2) is 0 Å². The van der Waals surface area contributed by atoms with Crippen molar-refractivity contribution in [2.24, 2.45) is 0 Å². The lowest BCUT2D eigenvalue weighted by Gasteiger charge is -2.50. The summed E-state index contributed by atoms with van der Waals surface area (Å²) in [5.74, 6) is 0.112. The minimum Gasteiger partial charge on any atom is -0.360 e. The van der Waals surface area contributed by atoms with E-state index in [4.69, 9.17) is 10.00 Å². The number of rotatable bonds is 3. The van der Waals surface area contributed by atoms with Crippen LogP contribution in [-0.4, -0.2) is 53.1 Å². The number of hydrogen-bond acceptors (Lipinski definition) is 4. The largest absolute Gasteiger partial charge is 0.360 e. The van der Waals surface area contributed by atoms with Gasteiger partial charge in [0.05, 0.1) is 23.8 Å². The van der Waals surface area contributed by atoms with Crippen LogP contribution in [0.5, 0.6) is 0 Å². The third-order valence-corrected chi connectivity index (χ3v) is 5.40. The maximum atomic E-state index is 12.3. The van der Waals surface area contributed by atoms with Gasteiger partial charge in [0.25, 0.3) is 5.91 Å². The fraction of sp³-hybridized carbons (Fsp3) is 0.600. The summed E-state index contributed by atoms with van der Waals surface area (Å²) >= 11 is 0. The summed E-state index contributed by atoms with van der Waals surface area (Å²) in [5, 5.41) is 8.89. The van der Waals surface area contributed by atoms with E-state index in [1.165, 1.54) is 5.56 Å². The number of benzene rings is 1. The molecule has 2 heterocycles. The van der Waals surface area contributed by atoms with Gasteiger partial charge in [0.1, 0.15) is 6.10 Å². The van der Waals surface area contributed by atoms with Gasteiger partial charge in [0, 0.05) is 25.7 Å². The molecule has 2 saturated heterocycles. The Morgan fingerprint density at radius 3 is 2.48 bits per heavy atom. The average molecular weight is 341 g/mol. The summed E-state index contributed by atoms with van der Waals surface area (Å²) in [4.78, 5) is 16.7. The summed E-state index contributed by atoms with van der Waals surface area (Å²) in [5.41, 5.74) is 1.73. The van der Waals surface area contributed by atoms with Crippen LogP contribution in [0.4, 0.5) is 0 Å². The summed E-state index contributed by atoms with van der Waals surface area (Å²) in [6.07, 6.45) is 1.55. The Balaban J connectivity index is 1.60. The van der Waals surface area contributed by atoms with Gasteiger partial charge in [-0.1, -0.05) is 12.1 Å². The number of hydrogen-bond donors (Lipinski definition) is 0. The van der Waals surface area contributed by atoms with E-state index < -0.39 is 0 Å². The van der Waals surface area contributed by atoms with E-state index >= 15 is 0 Å². The van der Waals surface area contributed by atoms with Crippen LogP contribution in [0.3, 0.4) is 0 Å². The standard InChI is InChI=1S/C20H27N3O2/c1-15(2)23-14-20(25-16(3)19(23)24)8-10-22(11-9-20)13-18-6-4-17(12-21)5-7-18/h4-7,15-16H,8-11,13-14H2,1-3H3/t16-/m0/s1. The highest BCUT2D eigenvalue weighted by molar-refractivity contribution is 5.81. The maximum Gasteiger partial charge on any atom is 0.251 e. The Bertz CT molecular complexity index is 655. The lowest BCUT2D eigenvalue weighted by molar-refractivity contribution is -0.193. The predicted molar refractivity (Wildman–Crippen MR) is 95.8 cm³/mol. The first kappa shape index (κ1) is 17.9. The molecule has 0 N–H and O–H groups in total. The number of amides is 1. The van der Waals surface area contributed by atoms with Gasteiger partial charge in [-0.05, 0) is 51.3 Å². The summed E-state index contributed by atoms with van der Waals surface area (Å²) < 4.78 is 6.18. The van der Waals surface area contributed by atoms with E-state index in [2.05, 4.69) is 24.8 Å². The van der Waals surface area contributed by atoms with Crippen LogP contribution in [0.25, 0.3) is 0 Å². The first-order valence-electron chi connectivity index (χ1n) is 9.12. The van der Waals surface area contributed by atoms with Gasteiger partial charge in [0.2, 0.25) is 0 Å². The minimum atomic E-state index is -0.346. The Hall–Kier alpha value is -1.90. The number of carbonyl (C=O) groups excluding carboxylic acids is 1. The number of ether oxygens (including phenoxy) is 1. The molecule has 5 nitrogen and oxygen atoms in total. The van der Waals surface area contributed by atoms with Crippen LogP contribution >= 0.6 is 0 Å². The van der Waals surface area contributed by atoms with E-state index in [-0.39, 0.29) is 23.7 Å². The highest BCUT2D eigenvalue weighted by atomic mass is 16.5. The molecule has 1 spiro atoms. The van der Waals surface area contributed by atoms with Crippen molar-refractivity contribution in [2.75, 3.05) is 19.6 Å². The Morgan fingerprint density at radius 2 is 1.92 bits per heavy atom. The zero-order valence-electron chi connectivity index (χ0n) is 15.4. The van der Waals surface area contributed by atoms with Crippen molar-refractivity contribution < 1.29 is 9.53 Å². The Morgan fingerprint density at radius 1 is 1.28 bits per heavy atom. The predicted octanol–water partition coefficient (Wildman–Crippen LogP) is 2.55. The highest BCUT2D eigenvalue weighted by Crippen LogP contribution is 2.34. The summed E-state index contributed by atoms with van der Waals surface area (Å²) in [7, 11) is 0. The second kappa shape index (κ2) is 7.15. The summed E-state index contributed by atoms with van der Waals surface area (Å²) in [6.45, 7) is 9.55. The normalized spacial score (nSPS) is 23.9. The molecular weight excluding hydrogens is 314 g/mol. The smallest absolute Gasteiger partial charge is 0.251 e. The van der Waals surface area contributed by atoms with Gasteiger partial charge in [-0.3, -0.25) is 9.69 Å². The van der Waals surface area contributed by atoms with E-state index in [1.807, 2.05) is 36.1 Å². The van der Waals surface area contributed by atoms with Crippen LogP contribution in [0, 0.1) is 11.3 Å². The highest BCUT2D eigenvalue weighted by Gasteiger charge is 2.45. The lowest BCUT2D eigenvalue weighted by atomic mass is 9.87. The first-order valence-corrected chi connectivity index (χ1v) is 9.12. The number of nitrogens with zero attached hydrogens (tertiary/aromatic N) is 3. The molecule has 134 valence electrons. The maximum absolute atomic E-state index is 12.3. The monoisotopic (exact) mass is 341 g/mol. The SMILES string of the molecule is CC(C)N1CC2(CCN(Cc3ccc(C#N)cc3)CC2)O[C@@H](C)C1=O. The van der Waals surface area contributed by atoms with Gasteiger partial charge >= 0.3 is 0 Å². The molecule has 0 aromatic heterocycles. The lowest BCUT2D eigenvalue weighted by Crippen LogP contribution is -2.62. The third-order valence-electron chi connectivity index (χ3n) is 5.40. The molecule has 1 atom stereocenters. The second-order valence-electron chi connectivity index (χ2n) is 7.59. The number of carbonyl (C=O) groups is 1. The van der Waals surface area contributed by atoms with Crippen LogP contribution in [0.1, 0.15) is 44.7 Å².